The zero-order valence-corrected chi connectivity index (χ0v) is 15.2. The molecule has 0 saturated heterocycles. The lowest BCUT2D eigenvalue weighted by atomic mass is 10.3. The molecule has 0 aliphatic rings. The highest BCUT2D eigenvalue weighted by Gasteiger charge is 2.09. The summed E-state index contributed by atoms with van der Waals surface area (Å²) < 4.78 is 21.5. The molecule has 0 spiro atoms. The molecule has 0 amide bonds. The van der Waals surface area contributed by atoms with Crippen molar-refractivity contribution in [2.24, 2.45) is 0 Å². The molecule has 4 N–H and O–H groups in total. The summed E-state index contributed by atoms with van der Waals surface area (Å²) in [7, 11) is 0. The Morgan fingerprint density at radius 3 is 1.36 bits per heavy atom. The van der Waals surface area contributed by atoms with Gasteiger partial charge in [0.1, 0.15) is 13.2 Å². The van der Waals surface area contributed by atoms with Crippen molar-refractivity contribution in [1.29, 1.82) is 0 Å². The van der Waals surface area contributed by atoms with Gasteiger partial charge in [-0.05, 0) is 12.1 Å². The maximum atomic E-state index is 11.1. The van der Waals surface area contributed by atoms with Crippen molar-refractivity contribution in [1.82, 2.24) is 0 Å². The first-order valence-corrected chi connectivity index (χ1v) is 8.65. The third kappa shape index (κ3) is 7.38. The normalized spacial score (nSPS) is 13.1. The van der Waals surface area contributed by atoms with Crippen LogP contribution in [0, 0.1) is 10.4 Å². The van der Waals surface area contributed by atoms with Crippen molar-refractivity contribution in [3.8, 4) is 11.5 Å². The fraction of sp³-hybridized carbons (Fsp3) is 0.333. The number of hydrogen-bond acceptors (Lipinski definition) is 8. The van der Waals surface area contributed by atoms with Crippen LogP contribution in [0.1, 0.15) is 0 Å². The Balaban J connectivity index is 1.52. The second-order valence-corrected chi connectivity index (χ2v) is 5.52. The number of para-hydroxylation sites is 4. The predicted octanol–water partition coefficient (Wildman–Crippen LogP) is -0.0156. The van der Waals surface area contributed by atoms with Crippen LogP contribution >= 0.6 is 0 Å². The summed E-state index contributed by atoms with van der Waals surface area (Å²) in [6.07, 6.45) is 0. The molecule has 2 rings (SSSR count). The van der Waals surface area contributed by atoms with Crippen LogP contribution < -0.4 is 19.9 Å². The van der Waals surface area contributed by atoms with Crippen LogP contribution in [0.3, 0.4) is 0 Å². The average Bonchev–Trinajstić information content (AvgIpc) is 2.69. The minimum Gasteiger partial charge on any atom is -0.595 e. The molecule has 10 heteroatoms. The second-order valence-electron chi connectivity index (χ2n) is 5.52. The minimum atomic E-state index is -1.04. The van der Waals surface area contributed by atoms with Gasteiger partial charge in [0.2, 0.25) is 11.4 Å². The molecule has 0 saturated carbocycles. The lowest BCUT2D eigenvalue weighted by Gasteiger charge is -2.16. The van der Waals surface area contributed by atoms with E-state index in [4.69, 9.17) is 29.4 Å². The first-order valence-electron chi connectivity index (χ1n) is 8.65. The highest BCUT2D eigenvalue weighted by Crippen LogP contribution is 2.20. The van der Waals surface area contributed by atoms with Crippen LogP contribution in [0.5, 0.6) is 11.5 Å². The molecule has 154 valence electrons. The lowest BCUT2D eigenvalue weighted by Crippen LogP contribution is -2.99. The Bertz CT molecular complexity index is 639. The van der Waals surface area contributed by atoms with E-state index in [1.807, 2.05) is 0 Å². The van der Waals surface area contributed by atoms with E-state index < -0.39 is 10.5 Å². The van der Waals surface area contributed by atoms with E-state index in [9.17, 15) is 10.4 Å². The van der Waals surface area contributed by atoms with Gasteiger partial charge < -0.3 is 29.4 Å². The number of benzene rings is 2. The molecular weight excluding hydrogens is 372 g/mol. The van der Waals surface area contributed by atoms with Gasteiger partial charge in [-0.25, -0.2) is 10.4 Å². The van der Waals surface area contributed by atoms with Crippen LogP contribution in [-0.2, 0) is 9.47 Å². The molecule has 28 heavy (non-hydrogen) atoms. The molecule has 2 aromatic rings. The van der Waals surface area contributed by atoms with Crippen LogP contribution in [0.15, 0.2) is 48.5 Å². The van der Waals surface area contributed by atoms with Crippen molar-refractivity contribution in [2.75, 3.05) is 39.6 Å². The van der Waals surface area contributed by atoms with E-state index >= 15 is 0 Å². The van der Waals surface area contributed by atoms with E-state index in [2.05, 4.69) is 0 Å². The summed E-state index contributed by atoms with van der Waals surface area (Å²) in [5, 5.41) is 38.1. The van der Waals surface area contributed by atoms with Gasteiger partial charge in [-0.3, -0.25) is 0 Å². The van der Waals surface area contributed by atoms with Gasteiger partial charge in [-0.15, -0.1) is 0 Å². The van der Waals surface area contributed by atoms with Crippen molar-refractivity contribution >= 4 is 11.4 Å². The van der Waals surface area contributed by atoms with Gasteiger partial charge in [-0.2, -0.15) is 10.5 Å². The van der Waals surface area contributed by atoms with Gasteiger partial charge in [0.15, 0.2) is 11.5 Å². The van der Waals surface area contributed by atoms with Crippen molar-refractivity contribution in [3.63, 3.8) is 0 Å². The molecule has 0 radical (unpaired) electrons. The molecule has 0 fully saturated rings. The van der Waals surface area contributed by atoms with E-state index in [0.717, 1.165) is 0 Å². The van der Waals surface area contributed by atoms with Crippen LogP contribution in [0.25, 0.3) is 0 Å². The van der Waals surface area contributed by atoms with E-state index in [1.54, 1.807) is 36.4 Å². The topological polar surface area (TPSA) is 132 Å². The Hall–Kier alpha value is -2.28. The third-order valence-electron chi connectivity index (χ3n) is 3.58. The highest BCUT2D eigenvalue weighted by atomic mass is 16.8. The molecule has 0 aliphatic heterocycles. The molecule has 0 aromatic heterocycles. The smallest absolute Gasteiger partial charge is 0.206 e. The van der Waals surface area contributed by atoms with E-state index in [1.165, 1.54) is 12.1 Å². The van der Waals surface area contributed by atoms with E-state index in [0.29, 0.717) is 37.9 Å². The largest absolute Gasteiger partial charge is 0.595 e. The molecule has 2 atom stereocenters. The Labute approximate surface area is 162 Å². The monoisotopic (exact) mass is 396 g/mol. The second kappa shape index (κ2) is 12.2. The van der Waals surface area contributed by atoms with Gasteiger partial charge in [-0.1, -0.05) is 24.3 Å². The Morgan fingerprint density at radius 2 is 0.964 bits per heavy atom. The molecule has 0 aliphatic carbocycles. The summed E-state index contributed by atoms with van der Waals surface area (Å²) in [6, 6.07) is 12.8. The molecule has 10 nitrogen and oxygen atoms in total. The summed E-state index contributed by atoms with van der Waals surface area (Å²) in [5.74, 6) is 0.599. The number of nitrogens with one attached hydrogen (secondary N) is 2. The van der Waals surface area contributed by atoms with Gasteiger partial charge in [0.05, 0.1) is 26.4 Å². The fourth-order valence-electron chi connectivity index (χ4n) is 2.28. The summed E-state index contributed by atoms with van der Waals surface area (Å²) in [4.78, 5) is 0. The summed E-state index contributed by atoms with van der Waals surface area (Å²) in [6.45, 7) is 1.71. The number of rotatable bonds is 13. The van der Waals surface area contributed by atoms with Crippen LogP contribution in [0.2, 0.25) is 0 Å². The highest BCUT2D eigenvalue weighted by molar-refractivity contribution is 5.45. The molecule has 0 heterocycles. The Morgan fingerprint density at radius 1 is 0.607 bits per heavy atom. The van der Waals surface area contributed by atoms with Gasteiger partial charge >= 0.3 is 0 Å². The zero-order chi connectivity index (χ0) is 20.2. The van der Waals surface area contributed by atoms with E-state index in [-0.39, 0.29) is 24.6 Å². The number of quaternary nitrogens is 2. The quantitative estimate of drug-likeness (QED) is 0.274. The summed E-state index contributed by atoms with van der Waals surface area (Å²) in [5.41, 5.74) is 0.214. The van der Waals surface area contributed by atoms with Crippen molar-refractivity contribution < 1.29 is 39.8 Å². The van der Waals surface area contributed by atoms with Crippen molar-refractivity contribution in [2.45, 2.75) is 0 Å². The zero-order valence-electron chi connectivity index (χ0n) is 15.2. The van der Waals surface area contributed by atoms with Gasteiger partial charge in [0.25, 0.3) is 0 Å². The maximum Gasteiger partial charge on any atom is 0.206 e. The third-order valence-corrected chi connectivity index (χ3v) is 3.58. The predicted molar refractivity (Wildman–Crippen MR) is 97.1 cm³/mol. The fourth-order valence-corrected chi connectivity index (χ4v) is 2.28. The number of ether oxygens (including phenoxy) is 4. The average molecular weight is 396 g/mol. The molecule has 2 aromatic carbocycles. The summed E-state index contributed by atoms with van der Waals surface area (Å²) >= 11 is 0. The Kier molecular flexibility index (Phi) is 9.62. The lowest BCUT2D eigenvalue weighted by molar-refractivity contribution is -0.991. The molecule has 0 bridgehead atoms. The van der Waals surface area contributed by atoms with Crippen molar-refractivity contribution in [3.05, 3.63) is 58.9 Å². The molecular formula is C18H24N2O8. The minimum absolute atomic E-state index is 0.107. The standard InChI is InChI=1S/C18H24N2O8/c21-19(22)15-5-1-3-7-17(15)27-13-11-25-9-10-26-12-14-28-18-8-4-2-6-16(18)20(23)24/h1-8,19-21,23H,9-14H2. The molecule has 2 unspecified atom stereocenters. The SMILES string of the molecule is [O-][NH+](O)c1ccccc1OCCOCCOCCOc1ccccc1[NH+]([O-])O. The first kappa shape index (κ1) is 22.0. The van der Waals surface area contributed by atoms with Crippen LogP contribution in [-0.4, -0.2) is 50.1 Å². The maximum absolute atomic E-state index is 11.1. The number of hydrogen-bond donors (Lipinski definition) is 4. The first-order chi connectivity index (χ1) is 13.6. The van der Waals surface area contributed by atoms with Gasteiger partial charge in [0, 0.05) is 12.1 Å². The van der Waals surface area contributed by atoms with Crippen LogP contribution in [0.4, 0.5) is 11.4 Å².